The smallest absolute Gasteiger partial charge is 0.303 e. The van der Waals surface area contributed by atoms with Gasteiger partial charge in [0.2, 0.25) is 0 Å². The van der Waals surface area contributed by atoms with Gasteiger partial charge in [0.1, 0.15) is 0 Å². The van der Waals surface area contributed by atoms with Gasteiger partial charge >= 0.3 is 11.9 Å². The van der Waals surface area contributed by atoms with E-state index in [1.807, 2.05) is 0 Å². The molecule has 7 nitrogen and oxygen atoms in total. The van der Waals surface area contributed by atoms with Crippen molar-refractivity contribution in [3.8, 4) is 0 Å². The Bertz CT molecular complexity index is 511. The number of carbonyl (C=O) groups is 3. The number of quaternary nitrogens is 1. The number of carboxylic acid groups (broad SMARTS) is 3. The molecule has 0 radical (unpaired) electrons. The molecule has 0 rings (SSSR count). The van der Waals surface area contributed by atoms with Crippen LogP contribution in [0.2, 0.25) is 0 Å². The Labute approximate surface area is 200 Å². The number of carbonyl (C=O) groups excluding carboxylic acids is 1. The molecule has 0 bridgehead atoms. The summed E-state index contributed by atoms with van der Waals surface area (Å²) in [5, 5.41) is 28.9. The van der Waals surface area contributed by atoms with Gasteiger partial charge in [0, 0.05) is 25.2 Å². The van der Waals surface area contributed by atoms with Crippen LogP contribution in [-0.2, 0) is 14.4 Å². The number of hydrogen-bond acceptors (Lipinski definition) is 4. The number of carboxylic acids is 3. The van der Waals surface area contributed by atoms with Gasteiger partial charge in [0.05, 0.1) is 39.0 Å². The van der Waals surface area contributed by atoms with E-state index in [-0.39, 0.29) is 19.3 Å². The zero-order valence-corrected chi connectivity index (χ0v) is 20.8. The quantitative estimate of drug-likeness (QED) is 0.122. The average molecular weight is 470 g/mol. The molecule has 0 aromatic rings. The summed E-state index contributed by atoms with van der Waals surface area (Å²) < 4.78 is 0.608. The van der Waals surface area contributed by atoms with Gasteiger partial charge in [-0.25, -0.2) is 0 Å². The number of hydrogen-bond donors (Lipinski definition) is 2. The Morgan fingerprint density at radius 2 is 1.06 bits per heavy atom. The number of nitrogens with zero attached hydrogens (tertiary/aromatic N) is 1. The van der Waals surface area contributed by atoms with E-state index in [2.05, 4.69) is 19.1 Å². The third kappa shape index (κ3) is 20.4. The summed E-state index contributed by atoms with van der Waals surface area (Å²) in [6.07, 6.45) is 17.9. The lowest BCUT2D eigenvalue weighted by Gasteiger charge is -2.39. The molecular weight excluding hydrogens is 422 g/mol. The molecule has 0 spiro atoms. The van der Waals surface area contributed by atoms with Crippen LogP contribution in [-0.4, -0.2) is 58.8 Å². The van der Waals surface area contributed by atoms with Gasteiger partial charge in [-0.2, -0.15) is 0 Å². The first-order valence-electron chi connectivity index (χ1n) is 12.9. The molecule has 0 atom stereocenters. The van der Waals surface area contributed by atoms with Crippen molar-refractivity contribution in [1.29, 1.82) is 0 Å². The summed E-state index contributed by atoms with van der Waals surface area (Å²) in [4.78, 5) is 32.9. The minimum Gasteiger partial charge on any atom is -0.550 e. The molecule has 0 aliphatic carbocycles. The third-order valence-electron chi connectivity index (χ3n) is 6.20. The summed E-state index contributed by atoms with van der Waals surface area (Å²) >= 11 is 0. The first kappa shape index (κ1) is 31.1. The zero-order valence-electron chi connectivity index (χ0n) is 20.8. The van der Waals surface area contributed by atoms with Crippen LogP contribution in [0.15, 0.2) is 12.2 Å². The second-order valence-corrected chi connectivity index (χ2v) is 9.23. The lowest BCUT2D eigenvalue weighted by atomic mass is 10.1. The Kier molecular flexibility index (Phi) is 19.5. The standard InChI is InChI=1S/C26H47NO6/c1-2-3-4-5-6-7-8-9-10-11-12-13-20-27(21-14-17-24(28)29,22-15-18-25(30)31)23-16-19-26(32)33/h5-6H,2-4,7-23H2,1H3,(H2-,28,29,30,31,32,33)/b6-5+. The Balaban J connectivity index is 4.53. The summed E-state index contributed by atoms with van der Waals surface area (Å²) in [6.45, 7) is 4.95. The second kappa shape index (κ2) is 20.7. The van der Waals surface area contributed by atoms with Crippen LogP contribution in [0.1, 0.15) is 110 Å². The number of allylic oxidation sites excluding steroid dienone is 2. The van der Waals surface area contributed by atoms with E-state index >= 15 is 0 Å². The molecule has 2 N–H and O–H groups in total. The van der Waals surface area contributed by atoms with Crippen molar-refractivity contribution < 1.29 is 34.2 Å². The molecule has 0 fully saturated rings. The van der Waals surface area contributed by atoms with Crippen molar-refractivity contribution in [2.45, 2.75) is 110 Å². The number of unbranched alkanes of at least 4 members (excludes halogenated alkanes) is 8. The van der Waals surface area contributed by atoms with Crippen molar-refractivity contribution in [2.75, 3.05) is 26.2 Å². The average Bonchev–Trinajstić information content (AvgIpc) is 2.73. The molecule has 0 aromatic heterocycles. The maximum Gasteiger partial charge on any atom is 0.303 e. The van der Waals surface area contributed by atoms with E-state index in [1.165, 1.54) is 38.5 Å². The van der Waals surface area contributed by atoms with Crippen molar-refractivity contribution in [3.63, 3.8) is 0 Å². The van der Waals surface area contributed by atoms with Crippen LogP contribution in [0.3, 0.4) is 0 Å². The van der Waals surface area contributed by atoms with Crippen LogP contribution >= 0.6 is 0 Å². The highest BCUT2D eigenvalue weighted by molar-refractivity contribution is 5.66. The molecule has 0 saturated carbocycles. The van der Waals surface area contributed by atoms with Gasteiger partial charge in [0.25, 0.3) is 0 Å². The SMILES string of the molecule is CCCC/C=C/CCCCCCCC[N+](CCCC(=O)[O-])(CCCC(=O)O)CCCC(=O)O. The minimum atomic E-state index is -1.08. The maximum absolute atomic E-state index is 11.0. The highest BCUT2D eigenvalue weighted by Gasteiger charge is 2.26. The summed E-state index contributed by atoms with van der Waals surface area (Å²) in [5.74, 6) is -2.76. The van der Waals surface area contributed by atoms with E-state index < -0.39 is 17.9 Å². The molecular formula is C26H47NO6. The number of aliphatic carboxylic acids is 3. The molecule has 7 heteroatoms. The summed E-state index contributed by atoms with van der Waals surface area (Å²) in [7, 11) is 0. The van der Waals surface area contributed by atoms with Gasteiger partial charge in [0.15, 0.2) is 0 Å². The molecule has 192 valence electrons. The molecule has 0 unspecified atom stereocenters. The van der Waals surface area contributed by atoms with Crippen molar-refractivity contribution in [3.05, 3.63) is 12.2 Å². The van der Waals surface area contributed by atoms with Crippen LogP contribution in [0.5, 0.6) is 0 Å². The van der Waals surface area contributed by atoms with E-state index in [0.29, 0.717) is 43.4 Å². The second-order valence-electron chi connectivity index (χ2n) is 9.23. The third-order valence-corrected chi connectivity index (χ3v) is 6.20. The Morgan fingerprint density at radius 3 is 1.55 bits per heavy atom. The fourth-order valence-corrected chi connectivity index (χ4v) is 4.34. The van der Waals surface area contributed by atoms with Crippen LogP contribution < -0.4 is 5.11 Å². The molecule has 0 aliphatic heterocycles. The van der Waals surface area contributed by atoms with E-state index in [0.717, 1.165) is 32.2 Å². The van der Waals surface area contributed by atoms with Gasteiger partial charge in [-0.1, -0.05) is 51.2 Å². The molecule has 0 heterocycles. The molecule has 0 aliphatic rings. The Hall–Kier alpha value is -1.89. The highest BCUT2D eigenvalue weighted by atomic mass is 16.4. The zero-order chi connectivity index (χ0) is 24.8. The monoisotopic (exact) mass is 469 g/mol. The minimum absolute atomic E-state index is 0.0231. The van der Waals surface area contributed by atoms with Crippen LogP contribution in [0.25, 0.3) is 0 Å². The lowest BCUT2D eigenvalue weighted by Crippen LogP contribution is -2.51. The lowest BCUT2D eigenvalue weighted by molar-refractivity contribution is -0.929. The number of rotatable bonds is 24. The van der Waals surface area contributed by atoms with Crippen molar-refractivity contribution >= 4 is 17.9 Å². The molecule has 0 saturated heterocycles. The molecule has 0 aromatic carbocycles. The largest absolute Gasteiger partial charge is 0.550 e. The summed E-state index contributed by atoms with van der Waals surface area (Å²) in [6, 6.07) is 0. The van der Waals surface area contributed by atoms with E-state index in [4.69, 9.17) is 10.2 Å². The normalized spacial score (nSPS) is 11.8. The first-order chi connectivity index (χ1) is 15.8. The van der Waals surface area contributed by atoms with Gasteiger partial charge in [-0.05, 0) is 38.5 Å². The topological polar surface area (TPSA) is 115 Å². The molecule has 0 amide bonds. The van der Waals surface area contributed by atoms with Gasteiger partial charge in [-0.15, -0.1) is 0 Å². The van der Waals surface area contributed by atoms with Crippen molar-refractivity contribution in [2.24, 2.45) is 0 Å². The fourth-order valence-electron chi connectivity index (χ4n) is 4.34. The van der Waals surface area contributed by atoms with Gasteiger partial charge < -0.3 is 24.6 Å². The van der Waals surface area contributed by atoms with Crippen LogP contribution in [0, 0.1) is 0 Å². The highest BCUT2D eigenvalue weighted by Crippen LogP contribution is 2.18. The fraction of sp³-hybridized carbons (Fsp3) is 0.808. The Morgan fingerprint density at radius 1 is 0.636 bits per heavy atom. The van der Waals surface area contributed by atoms with Crippen molar-refractivity contribution in [1.82, 2.24) is 0 Å². The first-order valence-corrected chi connectivity index (χ1v) is 12.9. The predicted molar refractivity (Wildman–Crippen MR) is 129 cm³/mol. The molecule has 33 heavy (non-hydrogen) atoms. The van der Waals surface area contributed by atoms with E-state index in [1.54, 1.807) is 0 Å². The van der Waals surface area contributed by atoms with Gasteiger partial charge in [-0.3, -0.25) is 9.59 Å². The van der Waals surface area contributed by atoms with E-state index in [9.17, 15) is 19.5 Å². The predicted octanol–water partition coefficient (Wildman–Crippen LogP) is 4.54. The summed E-state index contributed by atoms with van der Waals surface area (Å²) in [5.41, 5.74) is 0. The maximum atomic E-state index is 11.0. The van der Waals surface area contributed by atoms with Crippen LogP contribution in [0.4, 0.5) is 0 Å².